The van der Waals surface area contributed by atoms with Gasteiger partial charge in [-0.25, -0.2) is 15.0 Å². The number of hydrogen-bond acceptors (Lipinski definition) is 7. The van der Waals surface area contributed by atoms with Crippen LogP contribution in [-0.4, -0.2) is 47.5 Å². The number of amides is 1. The van der Waals surface area contributed by atoms with E-state index < -0.39 is 34.1 Å². The van der Waals surface area contributed by atoms with Gasteiger partial charge in [0.2, 0.25) is 5.95 Å². The molecule has 3 heterocycles. The van der Waals surface area contributed by atoms with Gasteiger partial charge < -0.3 is 20.3 Å². The van der Waals surface area contributed by atoms with Gasteiger partial charge in [-0.15, -0.1) is 0 Å². The first-order chi connectivity index (χ1) is 16.0. The topological polar surface area (TPSA) is 127 Å². The number of hydrogen-bond donors (Lipinski definition) is 2. The molecule has 0 fully saturated rings. The summed E-state index contributed by atoms with van der Waals surface area (Å²) in [5, 5.41) is 9.55. The molecule has 13 heteroatoms. The fraction of sp³-hybridized carbons (Fsp3) is 0.429. The van der Waals surface area contributed by atoms with Crippen LogP contribution in [0.1, 0.15) is 47.7 Å². The second-order valence-electron chi connectivity index (χ2n) is 7.66. The Labute approximate surface area is 196 Å². The molecule has 3 aromatic rings. The lowest BCUT2D eigenvalue weighted by molar-refractivity contribution is -0.141. The molecule has 9 nitrogen and oxygen atoms in total. The predicted octanol–water partition coefficient (Wildman–Crippen LogP) is 2.61. The van der Waals surface area contributed by atoms with Gasteiger partial charge in [0.25, 0.3) is 5.91 Å². The highest BCUT2D eigenvalue weighted by Gasteiger charge is 2.38. The van der Waals surface area contributed by atoms with E-state index in [0.29, 0.717) is 28.3 Å². The predicted molar refractivity (Wildman–Crippen MR) is 121 cm³/mol. The number of rotatable bonds is 4. The number of benzene rings is 1. The largest absolute Gasteiger partial charge is 0.434 e. The monoisotopic (exact) mass is 498 g/mol. The smallest absolute Gasteiger partial charge is 0.392 e. The molecule has 1 atom stereocenters. The van der Waals surface area contributed by atoms with Crippen LogP contribution < -0.4 is 10.6 Å². The third-order valence-electron chi connectivity index (χ3n) is 5.01. The highest BCUT2D eigenvalue weighted by molar-refractivity contribution is 7.84. The molecule has 1 aromatic carbocycles. The van der Waals surface area contributed by atoms with Crippen LogP contribution in [0, 0.1) is 0 Å². The Balaban J connectivity index is 0.00000103. The van der Waals surface area contributed by atoms with E-state index in [0.717, 1.165) is 11.7 Å². The molecule has 0 spiro atoms. The number of aliphatic hydroxyl groups is 1. The molecule has 0 bridgehead atoms. The molecule has 3 N–H and O–H groups in total. The first-order valence-electron chi connectivity index (χ1n) is 10.5. The van der Waals surface area contributed by atoms with Crippen molar-refractivity contribution in [2.45, 2.75) is 51.0 Å². The number of aromatic nitrogens is 4. The zero-order chi connectivity index (χ0) is 25.2. The van der Waals surface area contributed by atoms with Gasteiger partial charge in [0.1, 0.15) is 5.82 Å². The number of aliphatic hydroxyl groups excluding tert-OH is 1. The molecule has 0 aliphatic carbocycles. The van der Waals surface area contributed by atoms with Crippen molar-refractivity contribution in [2.24, 2.45) is 5.73 Å². The molecule has 1 aliphatic heterocycles. The zero-order valence-electron chi connectivity index (χ0n) is 18.9. The number of anilines is 1. The molecule has 1 unspecified atom stereocenters. The number of alkyl halides is 3. The van der Waals surface area contributed by atoms with Crippen LogP contribution in [0.4, 0.5) is 19.1 Å². The third-order valence-corrected chi connectivity index (χ3v) is 6.01. The van der Waals surface area contributed by atoms with Crippen molar-refractivity contribution in [1.82, 2.24) is 19.5 Å². The number of imidazole rings is 1. The van der Waals surface area contributed by atoms with Crippen LogP contribution in [0.2, 0.25) is 0 Å². The van der Waals surface area contributed by atoms with Gasteiger partial charge in [-0.05, 0) is 17.7 Å². The Morgan fingerprint density at radius 3 is 2.47 bits per heavy atom. The lowest BCUT2D eigenvalue weighted by Crippen LogP contribution is -2.35. The third kappa shape index (κ3) is 5.04. The number of fused-ring (bicyclic) bond motifs is 3. The van der Waals surface area contributed by atoms with Crippen molar-refractivity contribution in [1.29, 1.82) is 0 Å². The Hall–Kier alpha value is -3.06. The van der Waals surface area contributed by atoms with Crippen molar-refractivity contribution < 1.29 is 27.3 Å². The maximum absolute atomic E-state index is 13.3. The van der Waals surface area contributed by atoms with Gasteiger partial charge in [0.15, 0.2) is 5.69 Å². The lowest BCUT2D eigenvalue weighted by atomic mass is 10.2. The van der Waals surface area contributed by atoms with E-state index >= 15 is 0 Å². The van der Waals surface area contributed by atoms with E-state index in [2.05, 4.69) is 28.8 Å². The van der Waals surface area contributed by atoms with Crippen molar-refractivity contribution in [3.05, 3.63) is 41.0 Å². The molecular formula is C21H25F3N6O3S. The Bertz CT molecular complexity index is 1240. The Morgan fingerprint density at radius 2 is 1.91 bits per heavy atom. The lowest BCUT2D eigenvalue weighted by Gasteiger charge is -2.28. The maximum Gasteiger partial charge on any atom is 0.434 e. The summed E-state index contributed by atoms with van der Waals surface area (Å²) in [6.07, 6.45) is -1.32. The van der Waals surface area contributed by atoms with Gasteiger partial charge in [0, 0.05) is 30.4 Å². The Morgan fingerprint density at radius 1 is 1.24 bits per heavy atom. The second-order valence-corrected chi connectivity index (χ2v) is 9.01. The van der Waals surface area contributed by atoms with Gasteiger partial charge in [-0.2, -0.15) is 13.2 Å². The maximum atomic E-state index is 13.3. The molecule has 2 aromatic heterocycles. The molecule has 4 rings (SSSR count). The van der Waals surface area contributed by atoms with Gasteiger partial charge >= 0.3 is 6.18 Å². The summed E-state index contributed by atoms with van der Waals surface area (Å²) >= 11 is 0. The Kier molecular flexibility index (Phi) is 7.56. The van der Waals surface area contributed by atoms with Crippen LogP contribution in [0.5, 0.6) is 0 Å². The van der Waals surface area contributed by atoms with E-state index in [1.165, 1.54) is 17.6 Å². The molecule has 1 amide bonds. The number of nitrogens with two attached hydrogens (primary N) is 1. The van der Waals surface area contributed by atoms with E-state index in [1.54, 1.807) is 12.1 Å². The van der Waals surface area contributed by atoms with E-state index in [1.807, 2.05) is 4.57 Å². The SMILES string of the molecule is CCC.CS(=O)c1cc2c(cc1CO)nc1n2CCN(c2ncc(C(N)=O)c(C(F)(F)F)n2)C1. The first-order valence-corrected chi connectivity index (χ1v) is 12.0. The molecule has 0 radical (unpaired) electrons. The molecule has 34 heavy (non-hydrogen) atoms. The first kappa shape index (κ1) is 25.6. The van der Waals surface area contributed by atoms with Gasteiger partial charge in [0.05, 0.1) is 40.5 Å². The highest BCUT2D eigenvalue weighted by atomic mass is 32.2. The van der Waals surface area contributed by atoms with Crippen LogP contribution in [0.25, 0.3) is 11.0 Å². The molecule has 0 saturated heterocycles. The van der Waals surface area contributed by atoms with Crippen LogP contribution in [-0.2, 0) is 36.7 Å². The fourth-order valence-corrected chi connectivity index (χ4v) is 4.34. The molecule has 184 valence electrons. The summed E-state index contributed by atoms with van der Waals surface area (Å²) in [7, 11) is -1.31. The minimum atomic E-state index is -4.86. The number of carbonyl (C=O) groups excluding carboxylic acids is 1. The normalized spacial score (nSPS) is 14.4. The minimum absolute atomic E-state index is 0.126. The minimum Gasteiger partial charge on any atom is -0.392 e. The van der Waals surface area contributed by atoms with Gasteiger partial charge in [-0.3, -0.25) is 9.00 Å². The zero-order valence-corrected chi connectivity index (χ0v) is 19.7. The number of halogens is 3. The highest BCUT2D eigenvalue weighted by Crippen LogP contribution is 2.32. The summed E-state index contributed by atoms with van der Waals surface area (Å²) < 4.78 is 53.9. The van der Waals surface area contributed by atoms with Crippen LogP contribution in [0.3, 0.4) is 0 Å². The van der Waals surface area contributed by atoms with Gasteiger partial charge in [-0.1, -0.05) is 20.3 Å². The molecule has 0 saturated carbocycles. The summed E-state index contributed by atoms with van der Waals surface area (Å²) in [5.74, 6) is -0.898. The number of nitrogens with zero attached hydrogens (tertiary/aromatic N) is 5. The van der Waals surface area contributed by atoms with E-state index in [4.69, 9.17) is 5.73 Å². The summed E-state index contributed by atoms with van der Waals surface area (Å²) in [4.78, 5) is 25.3. The van der Waals surface area contributed by atoms with Crippen LogP contribution in [0.15, 0.2) is 23.2 Å². The van der Waals surface area contributed by atoms with Crippen molar-refractivity contribution in [3.63, 3.8) is 0 Å². The average Bonchev–Trinajstić information content (AvgIpc) is 3.14. The fourth-order valence-electron chi connectivity index (χ4n) is 3.57. The summed E-state index contributed by atoms with van der Waals surface area (Å²) in [6.45, 7) is 4.75. The number of primary amides is 1. The molecular weight excluding hydrogens is 473 g/mol. The summed E-state index contributed by atoms with van der Waals surface area (Å²) in [6, 6.07) is 3.37. The number of carbonyl (C=O) groups is 1. The molecule has 1 aliphatic rings. The van der Waals surface area contributed by atoms with Crippen molar-refractivity contribution in [2.75, 3.05) is 17.7 Å². The quantitative estimate of drug-likeness (QED) is 0.566. The second kappa shape index (κ2) is 10.1. The average molecular weight is 499 g/mol. The van der Waals surface area contributed by atoms with E-state index in [-0.39, 0.29) is 25.6 Å². The van der Waals surface area contributed by atoms with Crippen molar-refractivity contribution >= 4 is 33.7 Å². The van der Waals surface area contributed by atoms with Crippen molar-refractivity contribution in [3.8, 4) is 0 Å². The van der Waals surface area contributed by atoms with Crippen LogP contribution >= 0.6 is 0 Å². The standard InChI is InChI=1S/C18H17F3N6O3S.C3H8/c1-31(30)13-5-12-11(4-9(13)8-28)24-14-7-26(2-3-27(12)14)17-23-6-10(16(22)29)15(25-17)18(19,20)21;1-3-2/h4-6,28H,2-3,7-8H2,1H3,(H2,22,29);3H2,1-2H3. The summed E-state index contributed by atoms with van der Waals surface area (Å²) in [5.41, 5.74) is 4.64. The van der Waals surface area contributed by atoms with E-state index in [9.17, 15) is 27.3 Å².